The fraction of sp³-hybridized carbons (Fsp3) is 0.600. The Labute approximate surface area is 114 Å². The summed E-state index contributed by atoms with van der Waals surface area (Å²) >= 11 is 0. The van der Waals surface area contributed by atoms with E-state index in [-0.39, 0.29) is 17.4 Å². The van der Waals surface area contributed by atoms with E-state index in [1.807, 2.05) is 30.2 Å². The van der Waals surface area contributed by atoms with Crippen LogP contribution in [0.15, 0.2) is 18.3 Å². The van der Waals surface area contributed by atoms with Crippen molar-refractivity contribution in [2.75, 3.05) is 11.4 Å². The van der Waals surface area contributed by atoms with Crippen molar-refractivity contribution in [1.82, 2.24) is 4.98 Å². The van der Waals surface area contributed by atoms with E-state index in [1.165, 1.54) is 0 Å². The average Bonchev–Trinajstić information content (AvgIpc) is 2.68. The molecule has 1 spiro atoms. The lowest BCUT2D eigenvalue weighted by molar-refractivity contribution is -0.127. The van der Waals surface area contributed by atoms with E-state index in [9.17, 15) is 4.79 Å². The SMILES string of the molecule is Cc1ccc(N2CCC3(CCCC(N)C3)C2=O)nc1. The molecular formula is C15H21N3O. The predicted molar refractivity (Wildman–Crippen MR) is 74.8 cm³/mol. The maximum Gasteiger partial charge on any atom is 0.234 e. The molecule has 0 radical (unpaired) electrons. The molecule has 2 fully saturated rings. The Kier molecular flexibility index (Phi) is 3.05. The first-order valence-corrected chi connectivity index (χ1v) is 7.11. The zero-order valence-electron chi connectivity index (χ0n) is 11.4. The van der Waals surface area contributed by atoms with Crippen LogP contribution in [0.5, 0.6) is 0 Å². The maximum atomic E-state index is 12.7. The summed E-state index contributed by atoms with van der Waals surface area (Å²) in [6.45, 7) is 2.78. The van der Waals surface area contributed by atoms with Crippen molar-refractivity contribution in [3.8, 4) is 0 Å². The lowest BCUT2D eigenvalue weighted by Crippen LogP contribution is -2.42. The first kappa shape index (κ1) is 12.6. The molecular weight excluding hydrogens is 238 g/mol. The van der Waals surface area contributed by atoms with Crippen molar-refractivity contribution >= 4 is 11.7 Å². The van der Waals surface area contributed by atoms with E-state index in [2.05, 4.69) is 4.98 Å². The van der Waals surface area contributed by atoms with Gasteiger partial charge in [-0.1, -0.05) is 12.5 Å². The molecule has 2 heterocycles. The first-order valence-electron chi connectivity index (χ1n) is 7.11. The van der Waals surface area contributed by atoms with Gasteiger partial charge in [0.1, 0.15) is 5.82 Å². The van der Waals surface area contributed by atoms with Gasteiger partial charge in [-0.3, -0.25) is 9.69 Å². The van der Waals surface area contributed by atoms with Crippen LogP contribution in [0, 0.1) is 12.3 Å². The van der Waals surface area contributed by atoms with Gasteiger partial charge in [-0.15, -0.1) is 0 Å². The largest absolute Gasteiger partial charge is 0.328 e. The maximum absolute atomic E-state index is 12.7. The zero-order chi connectivity index (χ0) is 13.5. The molecule has 0 aromatic carbocycles. The number of amides is 1. The fourth-order valence-corrected chi connectivity index (χ4v) is 3.49. The van der Waals surface area contributed by atoms with Crippen molar-refractivity contribution in [2.24, 2.45) is 11.1 Å². The second-order valence-electron chi connectivity index (χ2n) is 6.04. The molecule has 4 heteroatoms. The molecule has 1 aromatic rings. The highest BCUT2D eigenvalue weighted by molar-refractivity contribution is 5.99. The quantitative estimate of drug-likeness (QED) is 0.839. The molecule has 1 saturated carbocycles. The van der Waals surface area contributed by atoms with Gasteiger partial charge in [0.15, 0.2) is 0 Å². The average molecular weight is 259 g/mol. The molecule has 2 unspecified atom stereocenters. The summed E-state index contributed by atoms with van der Waals surface area (Å²) < 4.78 is 0. The van der Waals surface area contributed by atoms with Crippen molar-refractivity contribution in [3.05, 3.63) is 23.9 Å². The Bertz CT molecular complexity index is 485. The molecule has 0 bridgehead atoms. The number of nitrogens with two attached hydrogens (primary N) is 1. The molecule has 3 rings (SSSR count). The van der Waals surface area contributed by atoms with E-state index in [0.717, 1.165) is 50.0 Å². The normalized spacial score (nSPS) is 31.2. The molecule has 2 atom stereocenters. The number of hydrogen-bond acceptors (Lipinski definition) is 3. The Morgan fingerprint density at radius 1 is 1.42 bits per heavy atom. The number of anilines is 1. The van der Waals surface area contributed by atoms with Crippen molar-refractivity contribution < 1.29 is 4.79 Å². The number of nitrogens with zero attached hydrogens (tertiary/aromatic N) is 2. The molecule has 1 amide bonds. The first-order chi connectivity index (χ1) is 9.11. The summed E-state index contributed by atoms with van der Waals surface area (Å²) in [6, 6.07) is 4.13. The molecule has 2 aliphatic rings. The minimum atomic E-state index is -0.204. The molecule has 2 N–H and O–H groups in total. The van der Waals surface area contributed by atoms with Gasteiger partial charge < -0.3 is 5.73 Å². The van der Waals surface area contributed by atoms with Gasteiger partial charge in [0, 0.05) is 18.8 Å². The van der Waals surface area contributed by atoms with Gasteiger partial charge in [0.2, 0.25) is 5.91 Å². The molecule has 4 nitrogen and oxygen atoms in total. The van der Waals surface area contributed by atoms with Crippen LogP contribution in [0.2, 0.25) is 0 Å². The van der Waals surface area contributed by atoms with Crippen LogP contribution in [0.1, 0.15) is 37.7 Å². The summed E-state index contributed by atoms with van der Waals surface area (Å²) in [5, 5.41) is 0. The Morgan fingerprint density at radius 2 is 2.26 bits per heavy atom. The van der Waals surface area contributed by atoms with Crippen molar-refractivity contribution in [2.45, 2.75) is 45.1 Å². The third kappa shape index (κ3) is 2.14. The lowest BCUT2D eigenvalue weighted by Gasteiger charge is -2.34. The van der Waals surface area contributed by atoms with Crippen LogP contribution in [0.3, 0.4) is 0 Å². The summed E-state index contributed by atoms with van der Waals surface area (Å²) in [4.78, 5) is 19.0. The Morgan fingerprint density at radius 3 is 2.95 bits per heavy atom. The predicted octanol–water partition coefficient (Wildman–Crippen LogP) is 2.01. The Hall–Kier alpha value is -1.42. The zero-order valence-corrected chi connectivity index (χ0v) is 11.4. The second-order valence-corrected chi connectivity index (χ2v) is 6.04. The monoisotopic (exact) mass is 259 g/mol. The third-order valence-corrected chi connectivity index (χ3v) is 4.57. The second kappa shape index (κ2) is 4.60. The van der Waals surface area contributed by atoms with E-state index in [1.54, 1.807) is 0 Å². The van der Waals surface area contributed by atoms with Crippen LogP contribution in [0.25, 0.3) is 0 Å². The topological polar surface area (TPSA) is 59.2 Å². The summed E-state index contributed by atoms with van der Waals surface area (Å²) in [5.74, 6) is 1.02. The number of carbonyl (C=O) groups is 1. The Balaban J connectivity index is 1.83. The summed E-state index contributed by atoms with van der Waals surface area (Å²) in [7, 11) is 0. The van der Waals surface area contributed by atoms with E-state index >= 15 is 0 Å². The summed E-state index contributed by atoms with van der Waals surface area (Å²) in [5.41, 5.74) is 6.98. The minimum Gasteiger partial charge on any atom is -0.328 e. The molecule has 19 heavy (non-hydrogen) atoms. The number of carbonyl (C=O) groups excluding carboxylic acids is 1. The highest BCUT2D eigenvalue weighted by Crippen LogP contribution is 2.45. The minimum absolute atomic E-state index is 0.184. The van der Waals surface area contributed by atoms with Crippen LogP contribution in [-0.4, -0.2) is 23.5 Å². The van der Waals surface area contributed by atoms with Gasteiger partial charge in [-0.2, -0.15) is 0 Å². The lowest BCUT2D eigenvalue weighted by atomic mass is 9.71. The van der Waals surface area contributed by atoms with Crippen LogP contribution < -0.4 is 10.6 Å². The molecule has 1 aliphatic heterocycles. The number of pyridine rings is 1. The highest BCUT2D eigenvalue weighted by atomic mass is 16.2. The van der Waals surface area contributed by atoms with Crippen LogP contribution in [0.4, 0.5) is 5.82 Å². The van der Waals surface area contributed by atoms with E-state index in [0.29, 0.717) is 0 Å². The van der Waals surface area contributed by atoms with E-state index < -0.39 is 0 Å². The van der Waals surface area contributed by atoms with Gasteiger partial charge in [0.05, 0.1) is 5.41 Å². The van der Waals surface area contributed by atoms with Crippen molar-refractivity contribution in [1.29, 1.82) is 0 Å². The molecule has 1 aliphatic carbocycles. The number of aryl methyl sites for hydroxylation is 1. The number of hydrogen-bond donors (Lipinski definition) is 1. The van der Waals surface area contributed by atoms with Gasteiger partial charge in [-0.05, 0) is 44.2 Å². The van der Waals surface area contributed by atoms with Crippen LogP contribution >= 0.6 is 0 Å². The van der Waals surface area contributed by atoms with E-state index in [4.69, 9.17) is 5.73 Å². The number of aromatic nitrogens is 1. The van der Waals surface area contributed by atoms with Gasteiger partial charge >= 0.3 is 0 Å². The van der Waals surface area contributed by atoms with Gasteiger partial charge in [0.25, 0.3) is 0 Å². The highest BCUT2D eigenvalue weighted by Gasteiger charge is 2.49. The third-order valence-electron chi connectivity index (χ3n) is 4.57. The fourth-order valence-electron chi connectivity index (χ4n) is 3.49. The molecule has 1 saturated heterocycles. The summed E-state index contributed by atoms with van der Waals surface area (Å²) in [6.07, 6.45) is 6.70. The van der Waals surface area contributed by atoms with Crippen molar-refractivity contribution in [3.63, 3.8) is 0 Å². The molecule has 1 aromatic heterocycles. The standard InChI is InChI=1S/C15H21N3O/c1-11-4-5-13(17-10-11)18-8-7-15(14(18)19)6-2-3-12(16)9-15/h4-5,10,12H,2-3,6-9,16H2,1H3. The van der Waals surface area contributed by atoms with Crippen LogP contribution in [-0.2, 0) is 4.79 Å². The molecule has 102 valence electrons. The van der Waals surface area contributed by atoms with Gasteiger partial charge in [-0.25, -0.2) is 4.98 Å². The smallest absolute Gasteiger partial charge is 0.234 e. The number of rotatable bonds is 1.